The van der Waals surface area contributed by atoms with Crippen LogP contribution in [0.15, 0.2) is 66.2 Å². The van der Waals surface area contributed by atoms with Gasteiger partial charge in [0.1, 0.15) is 17.3 Å². The van der Waals surface area contributed by atoms with Crippen LogP contribution >= 0.6 is 11.3 Å². The number of nitrogens with one attached hydrogen (secondary N) is 1. The highest BCUT2D eigenvalue weighted by molar-refractivity contribution is 7.15. The fourth-order valence-electron chi connectivity index (χ4n) is 3.82. The molecule has 0 bridgehead atoms. The normalized spacial score (nSPS) is 16.1. The first-order valence-corrected chi connectivity index (χ1v) is 10.8. The van der Waals surface area contributed by atoms with Crippen molar-refractivity contribution in [3.63, 3.8) is 0 Å². The van der Waals surface area contributed by atoms with Gasteiger partial charge in [-0.2, -0.15) is 0 Å². The van der Waals surface area contributed by atoms with Crippen molar-refractivity contribution in [2.75, 3.05) is 23.9 Å². The summed E-state index contributed by atoms with van der Waals surface area (Å²) in [5, 5.41) is 4.97. The number of rotatable bonds is 5. The van der Waals surface area contributed by atoms with Crippen LogP contribution in [-0.2, 0) is 9.59 Å². The summed E-state index contributed by atoms with van der Waals surface area (Å²) in [7, 11) is 1.60. The van der Waals surface area contributed by atoms with Crippen molar-refractivity contribution in [1.29, 1.82) is 0 Å². The molecule has 7 nitrogen and oxygen atoms in total. The molecule has 1 aliphatic heterocycles. The van der Waals surface area contributed by atoms with E-state index in [-0.39, 0.29) is 18.2 Å². The molecule has 0 spiro atoms. The molecule has 2 amide bonds. The van der Waals surface area contributed by atoms with Crippen molar-refractivity contribution in [3.05, 3.63) is 66.2 Å². The van der Waals surface area contributed by atoms with Crippen LogP contribution in [0.4, 0.5) is 11.5 Å². The summed E-state index contributed by atoms with van der Waals surface area (Å²) < 4.78 is 7.06. The first-order chi connectivity index (χ1) is 15.1. The fourth-order valence-corrected chi connectivity index (χ4v) is 4.53. The standard InChI is InChI=1S/C23H20N4O3S/c1-30-18-9-7-17(8-10-18)27-14-16(13-19(27)28)22(29)25-21-20(15-5-3-2-4-6-15)24-23-26(21)11-12-31-23/h2-12,16H,13-14H2,1H3,(H,25,29)/t16-/m0/s1. The third kappa shape index (κ3) is 3.55. The number of amides is 2. The summed E-state index contributed by atoms with van der Waals surface area (Å²) in [6, 6.07) is 17.0. The van der Waals surface area contributed by atoms with Gasteiger partial charge < -0.3 is 15.0 Å². The van der Waals surface area contributed by atoms with Gasteiger partial charge in [-0.1, -0.05) is 30.3 Å². The van der Waals surface area contributed by atoms with Crippen LogP contribution in [-0.4, -0.2) is 34.9 Å². The predicted octanol–water partition coefficient (Wildman–Crippen LogP) is 4.06. The molecule has 31 heavy (non-hydrogen) atoms. The molecule has 0 saturated carbocycles. The molecule has 4 aromatic rings. The van der Waals surface area contributed by atoms with Crippen LogP contribution in [0.25, 0.3) is 16.2 Å². The Morgan fingerprint density at radius 3 is 2.68 bits per heavy atom. The zero-order chi connectivity index (χ0) is 21.4. The molecule has 1 atom stereocenters. The Bertz CT molecular complexity index is 1250. The summed E-state index contributed by atoms with van der Waals surface area (Å²) in [5.74, 6) is 0.654. The lowest BCUT2D eigenvalue weighted by Gasteiger charge is -2.17. The van der Waals surface area contributed by atoms with Gasteiger partial charge in [-0.15, -0.1) is 11.3 Å². The lowest BCUT2D eigenvalue weighted by Crippen LogP contribution is -2.28. The summed E-state index contributed by atoms with van der Waals surface area (Å²) in [6.45, 7) is 0.337. The number of carbonyl (C=O) groups is 2. The van der Waals surface area contributed by atoms with Gasteiger partial charge in [0.05, 0.1) is 13.0 Å². The first kappa shape index (κ1) is 19.3. The zero-order valence-corrected chi connectivity index (χ0v) is 17.6. The van der Waals surface area contributed by atoms with Crippen molar-refractivity contribution in [2.24, 2.45) is 5.92 Å². The Kier molecular flexibility index (Phi) is 4.91. The number of fused-ring (bicyclic) bond motifs is 1. The third-order valence-electron chi connectivity index (χ3n) is 5.43. The smallest absolute Gasteiger partial charge is 0.230 e. The average Bonchev–Trinajstić information content (AvgIpc) is 3.50. The lowest BCUT2D eigenvalue weighted by molar-refractivity contribution is -0.122. The van der Waals surface area contributed by atoms with Crippen molar-refractivity contribution in [3.8, 4) is 17.0 Å². The Morgan fingerprint density at radius 1 is 1.16 bits per heavy atom. The SMILES string of the molecule is COc1ccc(N2C[C@@H](C(=O)Nc3c(-c4ccccc4)nc4sccn34)CC2=O)cc1. The highest BCUT2D eigenvalue weighted by atomic mass is 32.1. The van der Waals surface area contributed by atoms with E-state index in [0.717, 1.165) is 27.7 Å². The molecule has 2 aromatic heterocycles. The number of thiazole rings is 1. The first-order valence-electron chi connectivity index (χ1n) is 9.90. The minimum Gasteiger partial charge on any atom is -0.497 e. The monoisotopic (exact) mass is 432 g/mol. The largest absolute Gasteiger partial charge is 0.497 e. The second-order valence-corrected chi connectivity index (χ2v) is 8.20. The van der Waals surface area contributed by atoms with Crippen LogP contribution in [0.2, 0.25) is 0 Å². The van der Waals surface area contributed by atoms with Crippen LogP contribution in [0.3, 0.4) is 0 Å². The number of methoxy groups -OCH3 is 1. The Hall–Kier alpha value is -3.65. The molecule has 0 aliphatic carbocycles. The van der Waals surface area contributed by atoms with Crippen molar-refractivity contribution < 1.29 is 14.3 Å². The van der Waals surface area contributed by atoms with Gasteiger partial charge in [0.15, 0.2) is 4.96 Å². The number of imidazole rings is 1. The summed E-state index contributed by atoms with van der Waals surface area (Å²) in [5.41, 5.74) is 2.41. The van der Waals surface area contributed by atoms with Crippen LogP contribution in [0.5, 0.6) is 5.75 Å². The number of carbonyl (C=O) groups excluding carboxylic acids is 2. The van der Waals surface area contributed by atoms with E-state index in [9.17, 15) is 9.59 Å². The van der Waals surface area contributed by atoms with E-state index in [2.05, 4.69) is 5.32 Å². The second-order valence-electron chi connectivity index (χ2n) is 7.32. The van der Waals surface area contributed by atoms with Gasteiger partial charge in [-0.3, -0.25) is 14.0 Å². The molecular formula is C23H20N4O3S. The van der Waals surface area contributed by atoms with E-state index in [0.29, 0.717) is 12.4 Å². The van der Waals surface area contributed by atoms with E-state index in [1.54, 1.807) is 12.0 Å². The number of anilines is 2. The summed E-state index contributed by atoms with van der Waals surface area (Å²) in [4.78, 5) is 32.9. The number of hydrogen-bond donors (Lipinski definition) is 1. The van der Waals surface area contributed by atoms with Gasteiger partial charge in [0.2, 0.25) is 11.8 Å². The summed E-state index contributed by atoms with van der Waals surface area (Å²) in [6.07, 6.45) is 2.06. The van der Waals surface area contributed by atoms with Crippen LogP contribution in [0.1, 0.15) is 6.42 Å². The van der Waals surface area contributed by atoms with E-state index in [4.69, 9.17) is 9.72 Å². The lowest BCUT2D eigenvalue weighted by atomic mass is 10.1. The third-order valence-corrected chi connectivity index (χ3v) is 6.19. The summed E-state index contributed by atoms with van der Waals surface area (Å²) >= 11 is 1.51. The van der Waals surface area contributed by atoms with E-state index >= 15 is 0 Å². The zero-order valence-electron chi connectivity index (χ0n) is 16.8. The highest BCUT2D eigenvalue weighted by Crippen LogP contribution is 2.32. The molecule has 0 unspecified atom stereocenters. The Balaban J connectivity index is 1.39. The van der Waals surface area contributed by atoms with Gasteiger partial charge in [0, 0.05) is 35.8 Å². The van der Waals surface area contributed by atoms with E-state index in [1.165, 1.54) is 11.3 Å². The Labute approximate surface area is 182 Å². The van der Waals surface area contributed by atoms with Crippen molar-refractivity contribution in [2.45, 2.75) is 6.42 Å². The van der Waals surface area contributed by atoms with Gasteiger partial charge in [-0.05, 0) is 24.3 Å². The molecule has 3 heterocycles. The van der Waals surface area contributed by atoms with Gasteiger partial charge >= 0.3 is 0 Å². The molecule has 156 valence electrons. The van der Waals surface area contributed by atoms with Crippen LogP contribution < -0.4 is 15.0 Å². The van der Waals surface area contributed by atoms with Gasteiger partial charge in [-0.25, -0.2) is 4.98 Å². The molecular weight excluding hydrogens is 412 g/mol. The average molecular weight is 433 g/mol. The molecule has 5 rings (SSSR count). The number of ether oxygens (including phenoxy) is 1. The predicted molar refractivity (Wildman–Crippen MR) is 121 cm³/mol. The number of nitrogens with zero attached hydrogens (tertiary/aromatic N) is 3. The van der Waals surface area contributed by atoms with Crippen LogP contribution in [0, 0.1) is 5.92 Å². The number of aromatic nitrogens is 2. The minimum atomic E-state index is -0.442. The molecule has 1 fully saturated rings. The van der Waals surface area contributed by atoms with E-state index in [1.807, 2.05) is 70.6 Å². The Morgan fingerprint density at radius 2 is 1.94 bits per heavy atom. The molecule has 0 radical (unpaired) electrons. The molecule has 1 aliphatic rings. The number of hydrogen-bond acceptors (Lipinski definition) is 5. The maximum atomic E-state index is 13.1. The fraction of sp³-hybridized carbons (Fsp3) is 0.174. The number of benzene rings is 2. The minimum absolute atomic E-state index is 0.0671. The topological polar surface area (TPSA) is 75.9 Å². The highest BCUT2D eigenvalue weighted by Gasteiger charge is 2.36. The maximum Gasteiger partial charge on any atom is 0.230 e. The van der Waals surface area contributed by atoms with Gasteiger partial charge in [0.25, 0.3) is 0 Å². The molecule has 8 heteroatoms. The van der Waals surface area contributed by atoms with Crippen molar-refractivity contribution in [1.82, 2.24) is 9.38 Å². The maximum absolute atomic E-state index is 13.1. The molecule has 1 saturated heterocycles. The quantitative estimate of drug-likeness (QED) is 0.516. The second kappa shape index (κ2) is 7.88. The van der Waals surface area contributed by atoms with Crippen molar-refractivity contribution >= 4 is 39.6 Å². The van der Waals surface area contributed by atoms with E-state index < -0.39 is 5.92 Å². The molecule has 1 N–H and O–H groups in total. The molecule has 2 aromatic carbocycles.